The van der Waals surface area contributed by atoms with Crippen LogP contribution in [0.2, 0.25) is 0 Å². The van der Waals surface area contributed by atoms with Crippen molar-refractivity contribution in [3.63, 3.8) is 0 Å². The molecule has 1 aromatic carbocycles. The number of benzene rings is 1. The third-order valence-electron chi connectivity index (χ3n) is 1.75. The predicted octanol–water partition coefficient (Wildman–Crippen LogP) is 2.88. The van der Waals surface area contributed by atoms with Crippen LogP contribution >= 0.6 is 11.3 Å². The molecule has 62 valence electrons. The predicted molar refractivity (Wildman–Crippen MR) is 44.3 cm³/mol. The van der Waals surface area contributed by atoms with Gasteiger partial charge in [0, 0.05) is 5.56 Å². The first-order valence-corrected chi connectivity index (χ1v) is 4.26. The Bertz CT molecular complexity index is 436. The van der Waals surface area contributed by atoms with E-state index in [1.807, 2.05) is 0 Å². The second-order valence-electron chi connectivity index (χ2n) is 2.50. The van der Waals surface area contributed by atoms with Gasteiger partial charge < -0.3 is 0 Å². The fraction of sp³-hybridized carbons (Fsp3) is 0.125. The summed E-state index contributed by atoms with van der Waals surface area (Å²) in [6.07, 6.45) is 0. The van der Waals surface area contributed by atoms with Gasteiger partial charge in [-0.25, -0.2) is 13.8 Å². The Morgan fingerprint density at radius 3 is 2.92 bits per heavy atom. The van der Waals surface area contributed by atoms with Crippen molar-refractivity contribution < 1.29 is 8.78 Å². The number of thiazole rings is 1. The number of fused-ring (bicyclic) bond motifs is 1. The number of rotatable bonds is 0. The second kappa shape index (κ2) is 2.48. The summed E-state index contributed by atoms with van der Waals surface area (Å²) in [5.41, 5.74) is 1.81. The molecular formula is C8H5F2NS. The zero-order valence-corrected chi connectivity index (χ0v) is 7.08. The molecule has 0 atom stereocenters. The van der Waals surface area contributed by atoms with Crippen molar-refractivity contribution >= 4 is 21.6 Å². The molecule has 0 radical (unpaired) electrons. The number of hydrogen-bond acceptors (Lipinski definition) is 2. The summed E-state index contributed by atoms with van der Waals surface area (Å²) in [5.74, 6) is -1.06. The van der Waals surface area contributed by atoms with Crippen LogP contribution in [0.25, 0.3) is 10.2 Å². The molecule has 0 bridgehead atoms. The molecule has 0 aliphatic heterocycles. The smallest absolute Gasteiger partial charge is 0.156 e. The lowest BCUT2D eigenvalue weighted by molar-refractivity contribution is 0.576. The van der Waals surface area contributed by atoms with Crippen LogP contribution in [0.5, 0.6) is 0 Å². The average molecular weight is 185 g/mol. The summed E-state index contributed by atoms with van der Waals surface area (Å²) >= 11 is 1.23. The standard InChI is InChI=1S/C8H5F2NS/c1-4-5(9)2-6-8(7(4)10)11-3-12-6/h2-3H,1H3. The highest BCUT2D eigenvalue weighted by Crippen LogP contribution is 2.24. The maximum Gasteiger partial charge on any atom is 0.156 e. The molecule has 4 heteroatoms. The highest BCUT2D eigenvalue weighted by atomic mass is 32.1. The Labute approximate surface area is 71.7 Å². The molecule has 0 aliphatic carbocycles. The fourth-order valence-electron chi connectivity index (χ4n) is 1.03. The molecule has 0 saturated heterocycles. The zero-order chi connectivity index (χ0) is 8.72. The van der Waals surface area contributed by atoms with Crippen molar-refractivity contribution in [3.8, 4) is 0 Å². The summed E-state index contributed by atoms with van der Waals surface area (Å²) in [6, 6.07) is 1.31. The van der Waals surface area contributed by atoms with E-state index in [-0.39, 0.29) is 11.1 Å². The molecule has 0 N–H and O–H groups in total. The van der Waals surface area contributed by atoms with Gasteiger partial charge in [0.15, 0.2) is 5.82 Å². The van der Waals surface area contributed by atoms with Crippen molar-refractivity contribution in [2.45, 2.75) is 6.92 Å². The van der Waals surface area contributed by atoms with Crippen LogP contribution < -0.4 is 0 Å². The first kappa shape index (κ1) is 7.61. The second-order valence-corrected chi connectivity index (χ2v) is 3.38. The lowest BCUT2D eigenvalue weighted by Gasteiger charge is -1.97. The molecule has 0 saturated carbocycles. The molecule has 1 heterocycles. The van der Waals surface area contributed by atoms with Gasteiger partial charge in [0.05, 0.1) is 10.2 Å². The number of hydrogen-bond donors (Lipinski definition) is 0. The van der Waals surface area contributed by atoms with Crippen molar-refractivity contribution in [2.75, 3.05) is 0 Å². The van der Waals surface area contributed by atoms with E-state index in [9.17, 15) is 8.78 Å². The van der Waals surface area contributed by atoms with E-state index in [0.29, 0.717) is 4.70 Å². The Hall–Kier alpha value is -1.03. The zero-order valence-electron chi connectivity index (χ0n) is 6.27. The van der Waals surface area contributed by atoms with Crippen LogP contribution in [0.4, 0.5) is 8.78 Å². The molecule has 1 aromatic heterocycles. The van der Waals surface area contributed by atoms with E-state index in [2.05, 4.69) is 4.98 Å². The van der Waals surface area contributed by atoms with Gasteiger partial charge in [-0.05, 0) is 13.0 Å². The van der Waals surface area contributed by atoms with Crippen molar-refractivity contribution in [1.82, 2.24) is 4.98 Å². The molecule has 1 nitrogen and oxygen atoms in total. The van der Waals surface area contributed by atoms with E-state index < -0.39 is 11.6 Å². The number of nitrogens with zero attached hydrogens (tertiary/aromatic N) is 1. The summed E-state index contributed by atoms with van der Waals surface area (Å²) in [6.45, 7) is 1.41. The average Bonchev–Trinajstić information content (AvgIpc) is 2.48. The van der Waals surface area contributed by atoms with Gasteiger partial charge in [-0.15, -0.1) is 11.3 Å². The van der Waals surface area contributed by atoms with E-state index in [1.165, 1.54) is 29.8 Å². The third-order valence-corrected chi connectivity index (χ3v) is 2.52. The van der Waals surface area contributed by atoms with E-state index in [1.54, 1.807) is 0 Å². The minimum absolute atomic E-state index is 0.0356. The molecule has 0 unspecified atom stereocenters. The van der Waals surface area contributed by atoms with Crippen LogP contribution in [0.15, 0.2) is 11.6 Å². The van der Waals surface area contributed by atoms with Gasteiger partial charge >= 0.3 is 0 Å². The minimum Gasteiger partial charge on any atom is -0.242 e. The SMILES string of the molecule is Cc1c(F)cc2scnc2c1F. The van der Waals surface area contributed by atoms with Crippen LogP contribution in [0, 0.1) is 18.6 Å². The maximum absolute atomic E-state index is 13.2. The number of halogens is 2. The molecule has 0 aliphatic rings. The maximum atomic E-state index is 13.2. The first-order valence-electron chi connectivity index (χ1n) is 3.38. The molecule has 0 spiro atoms. The molecule has 2 aromatic rings. The van der Waals surface area contributed by atoms with Crippen molar-refractivity contribution in [2.24, 2.45) is 0 Å². The summed E-state index contributed by atoms with van der Waals surface area (Å²) in [4.78, 5) is 3.80. The molecule has 12 heavy (non-hydrogen) atoms. The van der Waals surface area contributed by atoms with Crippen LogP contribution in [0.3, 0.4) is 0 Å². The largest absolute Gasteiger partial charge is 0.242 e. The van der Waals surface area contributed by atoms with Crippen molar-refractivity contribution in [1.29, 1.82) is 0 Å². The van der Waals surface area contributed by atoms with E-state index in [0.717, 1.165) is 0 Å². The Morgan fingerprint density at radius 2 is 2.17 bits per heavy atom. The summed E-state index contributed by atoms with van der Waals surface area (Å²) in [5, 5.41) is 0. The van der Waals surface area contributed by atoms with Crippen LogP contribution in [0.1, 0.15) is 5.56 Å². The van der Waals surface area contributed by atoms with Crippen LogP contribution in [-0.2, 0) is 0 Å². The van der Waals surface area contributed by atoms with Gasteiger partial charge in [-0.3, -0.25) is 0 Å². The van der Waals surface area contributed by atoms with Gasteiger partial charge in [0.2, 0.25) is 0 Å². The Balaban J connectivity index is 2.94. The first-order chi connectivity index (χ1) is 5.70. The van der Waals surface area contributed by atoms with Gasteiger partial charge in [-0.2, -0.15) is 0 Å². The normalized spacial score (nSPS) is 10.9. The fourth-order valence-corrected chi connectivity index (χ4v) is 1.73. The lowest BCUT2D eigenvalue weighted by Crippen LogP contribution is -1.88. The minimum atomic E-state index is -0.550. The monoisotopic (exact) mass is 185 g/mol. The summed E-state index contributed by atoms with van der Waals surface area (Å²) in [7, 11) is 0. The topological polar surface area (TPSA) is 12.9 Å². The quantitative estimate of drug-likeness (QED) is 0.615. The summed E-state index contributed by atoms with van der Waals surface area (Å²) < 4.78 is 26.7. The van der Waals surface area contributed by atoms with Gasteiger partial charge in [0.1, 0.15) is 11.3 Å². The highest BCUT2D eigenvalue weighted by Gasteiger charge is 2.11. The Kier molecular flexibility index (Phi) is 1.58. The molecule has 2 rings (SSSR count). The molecule has 0 fully saturated rings. The molecule has 0 amide bonds. The lowest BCUT2D eigenvalue weighted by atomic mass is 10.2. The Morgan fingerprint density at radius 1 is 1.42 bits per heavy atom. The highest BCUT2D eigenvalue weighted by molar-refractivity contribution is 7.16. The van der Waals surface area contributed by atoms with E-state index >= 15 is 0 Å². The van der Waals surface area contributed by atoms with Gasteiger partial charge in [0.25, 0.3) is 0 Å². The van der Waals surface area contributed by atoms with Crippen molar-refractivity contribution in [3.05, 3.63) is 28.8 Å². The number of aromatic nitrogens is 1. The molecular weight excluding hydrogens is 180 g/mol. The van der Waals surface area contributed by atoms with Crippen LogP contribution in [-0.4, -0.2) is 4.98 Å². The third kappa shape index (κ3) is 0.914. The van der Waals surface area contributed by atoms with Gasteiger partial charge in [-0.1, -0.05) is 0 Å². The van der Waals surface area contributed by atoms with E-state index in [4.69, 9.17) is 0 Å².